The van der Waals surface area contributed by atoms with E-state index in [0.29, 0.717) is 38.3 Å². The van der Waals surface area contributed by atoms with Gasteiger partial charge in [-0.3, -0.25) is 9.78 Å². The summed E-state index contributed by atoms with van der Waals surface area (Å²) in [4.78, 5) is 38.3. The molecule has 0 aliphatic carbocycles. The highest BCUT2D eigenvalue weighted by atomic mass is 32.1. The molecule has 1 amide bonds. The fraction of sp³-hybridized carbons (Fsp3) is 0.464. The lowest BCUT2D eigenvalue weighted by atomic mass is 9.99. The molecule has 0 bridgehead atoms. The van der Waals surface area contributed by atoms with Crippen molar-refractivity contribution in [1.29, 1.82) is 0 Å². The molecule has 7 nitrogen and oxygen atoms in total. The van der Waals surface area contributed by atoms with Crippen molar-refractivity contribution in [2.45, 2.75) is 33.1 Å². The van der Waals surface area contributed by atoms with Gasteiger partial charge < -0.3 is 19.4 Å². The van der Waals surface area contributed by atoms with Gasteiger partial charge in [0.1, 0.15) is 5.56 Å². The van der Waals surface area contributed by atoms with Gasteiger partial charge >= 0.3 is 5.97 Å². The number of benzene rings is 1. The van der Waals surface area contributed by atoms with Crippen LogP contribution in [-0.2, 0) is 11.2 Å². The van der Waals surface area contributed by atoms with Crippen molar-refractivity contribution in [2.24, 2.45) is 0 Å². The van der Waals surface area contributed by atoms with E-state index in [1.54, 1.807) is 0 Å². The number of nitrogens with zero attached hydrogens (tertiary/aromatic N) is 4. The van der Waals surface area contributed by atoms with Gasteiger partial charge in [0.25, 0.3) is 5.91 Å². The van der Waals surface area contributed by atoms with Crippen LogP contribution in [0.4, 0.5) is 5.69 Å². The lowest BCUT2D eigenvalue weighted by molar-refractivity contribution is 0.0524. The van der Waals surface area contributed by atoms with Crippen molar-refractivity contribution in [3.8, 4) is 0 Å². The number of carbonyl (C=O) groups excluding carboxylic acids is 2. The van der Waals surface area contributed by atoms with Gasteiger partial charge in [-0.15, -0.1) is 11.3 Å². The van der Waals surface area contributed by atoms with Gasteiger partial charge in [0.15, 0.2) is 0 Å². The first kappa shape index (κ1) is 26.1. The molecule has 0 unspecified atom stereocenters. The Morgan fingerprint density at radius 2 is 1.89 bits per heavy atom. The number of hydrogen-bond acceptors (Lipinski definition) is 7. The number of hydrogen-bond donors (Lipinski definition) is 0. The molecular formula is C28H36N4O3S. The molecule has 3 aromatic rings. The maximum Gasteiger partial charge on any atom is 0.342 e. The number of ether oxygens (including phenoxy) is 1. The standard InChI is InChI=1S/C28H36N4O3S/c1-5-35-28(34)25-23(9-6-7-13-30(3)4)29-22-12-11-20(2)19-21(22)26(25)31-14-16-32(17-15-31)27(33)24-10-8-18-36-24/h8,10-12,18-19H,5-7,9,13-17H2,1-4H3. The summed E-state index contributed by atoms with van der Waals surface area (Å²) in [6, 6.07) is 10.0. The first-order valence-corrected chi connectivity index (χ1v) is 13.6. The number of rotatable bonds is 9. The Morgan fingerprint density at radius 1 is 1.11 bits per heavy atom. The number of thiophene rings is 1. The molecule has 1 aromatic carbocycles. The lowest BCUT2D eigenvalue weighted by Gasteiger charge is -2.37. The molecular weight excluding hydrogens is 472 g/mol. The van der Waals surface area contributed by atoms with Crippen LogP contribution in [0.25, 0.3) is 10.9 Å². The highest BCUT2D eigenvalue weighted by molar-refractivity contribution is 7.12. The summed E-state index contributed by atoms with van der Waals surface area (Å²) >= 11 is 1.47. The predicted molar refractivity (Wildman–Crippen MR) is 146 cm³/mol. The van der Waals surface area contributed by atoms with Crippen LogP contribution >= 0.6 is 11.3 Å². The molecule has 0 spiro atoms. The average molecular weight is 509 g/mol. The molecule has 1 aliphatic rings. The number of esters is 1. The van der Waals surface area contributed by atoms with Crippen molar-refractivity contribution in [3.05, 3.63) is 57.4 Å². The monoisotopic (exact) mass is 508 g/mol. The first-order valence-electron chi connectivity index (χ1n) is 12.7. The molecule has 0 radical (unpaired) electrons. The fourth-order valence-corrected chi connectivity index (χ4v) is 5.44. The van der Waals surface area contributed by atoms with E-state index < -0.39 is 0 Å². The van der Waals surface area contributed by atoms with E-state index in [1.165, 1.54) is 11.3 Å². The number of aromatic nitrogens is 1. The molecule has 1 aliphatic heterocycles. The van der Waals surface area contributed by atoms with E-state index in [-0.39, 0.29) is 11.9 Å². The van der Waals surface area contributed by atoms with Crippen LogP contribution in [-0.4, -0.2) is 80.1 Å². The number of carbonyl (C=O) groups is 2. The number of fused-ring (bicyclic) bond motifs is 1. The third kappa shape index (κ3) is 5.87. The van der Waals surface area contributed by atoms with Crippen LogP contribution in [0, 0.1) is 6.92 Å². The third-order valence-electron chi connectivity index (χ3n) is 6.55. The van der Waals surface area contributed by atoms with Crippen LogP contribution in [0.15, 0.2) is 35.7 Å². The van der Waals surface area contributed by atoms with E-state index in [4.69, 9.17) is 9.72 Å². The van der Waals surface area contributed by atoms with Crippen molar-refractivity contribution < 1.29 is 14.3 Å². The summed E-state index contributed by atoms with van der Waals surface area (Å²) in [7, 11) is 4.14. The summed E-state index contributed by atoms with van der Waals surface area (Å²) < 4.78 is 5.56. The second-order valence-corrected chi connectivity index (χ2v) is 10.5. The smallest absolute Gasteiger partial charge is 0.342 e. The van der Waals surface area contributed by atoms with E-state index in [2.05, 4.69) is 43.0 Å². The molecule has 1 saturated heterocycles. The minimum Gasteiger partial charge on any atom is -0.462 e. The second kappa shape index (κ2) is 11.8. The number of anilines is 1. The second-order valence-electron chi connectivity index (χ2n) is 9.54. The lowest BCUT2D eigenvalue weighted by Crippen LogP contribution is -2.49. The highest BCUT2D eigenvalue weighted by Gasteiger charge is 2.29. The van der Waals surface area contributed by atoms with Crippen molar-refractivity contribution in [2.75, 3.05) is 58.3 Å². The summed E-state index contributed by atoms with van der Waals surface area (Å²) in [5.74, 6) is -0.240. The summed E-state index contributed by atoms with van der Waals surface area (Å²) in [6.45, 7) is 7.71. The Labute approximate surface area is 217 Å². The summed E-state index contributed by atoms with van der Waals surface area (Å²) in [6.07, 6.45) is 2.69. The summed E-state index contributed by atoms with van der Waals surface area (Å²) in [5.41, 5.74) is 4.29. The van der Waals surface area contributed by atoms with Crippen molar-refractivity contribution in [1.82, 2.24) is 14.8 Å². The third-order valence-corrected chi connectivity index (χ3v) is 7.41. The quantitative estimate of drug-likeness (QED) is 0.310. The minimum atomic E-state index is -0.317. The number of amides is 1. The molecule has 1 fully saturated rings. The molecule has 0 saturated carbocycles. The van der Waals surface area contributed by atoms with E-state index in [9.17, 15) is 9.59 Å². The zero-order chi connectivity index (χ0) is 25.7. The van der Waals surface area contributed by atoms with E-state index in [1.807, 2.05) is 35.4 Å². The SMILES string of the molecule is CCOC(=O)c1c(CCCCN(C)C)nc2ccc(C)cc2c1N1CCN(C(=O)c2cccs2)CC1. The molecule has 192 valence electrons. The van der Waals surface area contributed by atoms with Crippen LogP contribution in [0.5, 0.6) is 0 Å². The van der Waals surface area contributed by atoms with E-state index in [0.717, 1.165) is 58.5 Å². The normalized spacial score (nSPS) is 14.0. The van der Waals surface area contributed by atoms with Gasteiger partial charge in [-0.05, 0) is 77.3 Å². The van der Waals surface area contributed by atoms with Gasteiger partial charge in [0.05, 0.1) is 28.4 Å². The predicted octanol–water partition coefficient (Wildman–Crippen LogP) is 4.63. The molecule has 0 atom stereocenters. The van der Waals surface area contributed by atoms with Gasteiger partial charge in [0, 0.05) is 31.6 Å². The van der Waals surface area contributed by atoms with Crippen LogP contribution in [0.1, 0.15) is 51.1 Å². The highest BCUT2D eigenvalue weighted by Crippen LogP contribution is 2.35. The number of aryl methyl sites for hydroxylation is 2. The van der Waals surface area contributed by atoms with Gasteiger partial charge in [-0.2, -0.15) is 0 Å². The number of unbranched alkanes of at least 4 members (excludes halogenated alkanes) is 1. The first-order chi connectivity index (χ1) is 17.4. The van der Waals surface area contributed by atoms with Gasteiger partial charge in [-0.1, -0.05) is 17.7 Å². The number of piperazine rings is 1. The fourth-order valence-electron chi connectivity index (χ4n) is 4.75. The Morgan fingerprint density at radius 3 is 2.56 bits per heavy atom. The van der Waals surface area contributed by atoms with E-state index >= 15 is 0 Å². The Kier molecular flexibility index (Phi) is 8.59. The number of pyridine rings is 1. The molecule has 36 heavy (non-hydrogen) atoms. The molecule has 2 aromatic heterocycles. The summed E-state index contributed by atoms with van der Waals surface area (Å²) in [5, 5.41) is 2.90. The van der Waals surface area contributed by atoms with Crippen LogP contribution < -0.4 is 4.90 Å². The largest absolute Gasteiger partial charge is 0.462 e. The van der Waals surface area contributed by atoms with Crippen molar-refractivity contribution in [3.63, 3.8) is 0 Å². The maximum absolute atomic E-state index is 13.4. The Balaban J connectivity index is 1.70. The molecule has 0 N–H and O–H groups in total. The Hall–Kier alpha value is -2.97. The van der Waals surface area contributed by atoms with Crippen LogP contribution in [0.3, 0.4) is 0 Å². The maximum atomic E-state index is 13.4. The molecule has 3 heterocycles. The topological polar surface area (TPSA) is 66.0 Å². The van der Waals surface area contributed by atoms with Gasteiger partial charge in [-0.25, -0.2) is 4.79 Å². The zero-order valence-corrected chi connectivity index (χ0v) is 22.6. The molecule has 4 rings (SSSR count). The van der Waals surface area contributed by atoms with Crippen LogP contribution in [0.2, 0.25) is 0 Å². The van der Waals surface area contributed by atoms with Crippen molar-refractivity contribution >= 4 is 39.8 Å². The Bertz CT molecular complexity index is 1200. The minimum absolute atomic E-state index is 0.0762. The average Bonchev–Trinajstić information content (AvgIpc) is 3.41. The van der Waals surface area contributed by atoms with Gasteiger partial charge in [0.2, 0.25) is 0 Å². The molecule has 8 heteroatoms. The zero-order valence-electron chi connectivity index (χ0n) is 21.7.